The number of hydrogen-bond donors (Lipinski definition) is 1. The van der Waals surface area contributed by atoms with Crippen LogP contribution < -0.4 is 10.1 Å². The molecule has 0 fully saturated rings. The molecule has 0 saturated heterocycles. The van der Waals surface area contributed by atoms with Gasteiger partial charge in [-0.2, -0.15) is 0 Å². The minimum absolute atomic E-state index is 0.0767. The summed E-state index contributed by atoms with van der Waals surface area (Å²) in [4.78, 5) is 12.9. The first-order valence-corrected chi connectivity index (χ1v) is 9.04. The molecule has 2 aromatic rings. The van der Waals surface area contributed by atoms with Crippen molar-refractivity contribution in [1.82, 2.24) is 0 Å². The molecule has 3 nitrogen and oxygen atoms in total. The Morgan fingerprint density at radius 3 is 2.74 bits per heavy atom. The highest BCUT2D eigenvalue weighted by molar-refractivity contribution is 7.99. The smallest absolute Gasteiger partial charge is 0.224 e. The molecule has 1 aliphatic heterocycles. The van der Waals surface area contributed by atoms with E-state index < -0.39 is 0 Å². The van der Waals surface area contributed by atoms with Gasteiger partial charge in [0.05, 0.1) is 12.3 Å². The van der Waals surface area contributed by atoms with Crippen LogP contribution in [0, 0.1) is 0 Å². The standard InChI is InChI=1S/C19H21NO2S/c21-18-12-11-15-7-6-10-17(19(15)20-18)22-13-4-5-14-23-16-8-2-1-3-9-16/h1-3,6-10H,4-5,11-14H2,(H,20,21). The molecule has 1 aliphatic rings. The number of thioether (sulfide) groups is 1. The molecule has 0 aliphatic carbocycles. The number of fused-ring (bicyclic) bond motifs is 1. The zero-order chi connectivity index (χ0) is 15.9. The molecule has 4 heteroatoms. The van der Waals surface area contributed by atoms with E-state index in [0.717, 1.165) is 36.5 Å². The highest BCUT2D eigenvalue weighted by atomic mass is 32.2. The summed E-state index contributed by atoms with van der Waals surface area (Å²) in [7, 11) is 0. The van der Waals surface area contributed by atoms with Crippen LogP contribution in [0.15, 0.2) is 53.4 Å². The molecule has 0 saturated carbocycles. The molecule has 23 heavy (non-hydrogen) atoms. The summed E-state index contributed by atoms with van der Waals surface area (Å²) in [5, 5.41) is 2.93. The summed E-state index contributed by atoms with van der Waals surface area (Å²) in [6.45, 7) is 0.682. The van der Waals surface area contributed by atoms with Gasteiger partial charge in [0.15, 0.2) is 0 Å². The third kappa shape index (κ3) is 4.52. The molecule has 0 aromatic heterocycles. The fourth-order valence-electron chi connectivity index (χ4n) is 2.59. The number of amides is 1. The molecule has 0 spiro atoms. The second-order valence-electron chi connectivity index (χ2n) is 5.56. The van der Waals surface area contributed by atoms with Gasteiger partial charge in [-0.15, -0.1) is 11.8 Å². The number of benzene rings is 2. The zero-order valence-electron chi connectivity index (χ0n) is 13.1. The van der Waals surface area contributed by atoms with E-state index >= 15 is 0 Å². The maximum Gasteiger partial charge on any atom is 0.224 e. The zero-order valence-corrected chi connectivity index (χ0v) is 13.9. The van der Waals surface area contributed by atoms with Crippen molar-refractivity contribution in [2.45, 2.75) is 30.6 Å². The number of aryl methyl sites for hydroxylation is 1. The maximum absolute atomic E-state index is 11.6. The van der Waals surface area contributed by atoms with Crippen LogP contribution in [0.4, 0.5) is 5.69 Å². The molecule has 120 valence electrons. The summed E-state index contributed by atoms with van der Waals surface area (Å²) < 4.78 is 5.88. The first kappa shape index (κ1) is 15.9. The van der Waals surface area contributed by atoms with E-state index in [-0.39, 0.29) is 5.91 Å². The number of ether oxygens (including phenoxy) is 1. The average molecular weight is 327 g/mol. The molecule has 3 rings (SSSR count). The second kappa shape index (κ2) is 8.06. The Morgan fingerprint density at radius 2 is 1.87 bits per heavy atom. The highest BCUT2D eigenvalue weighted by Crippen LogP contribution is 2.32. The van der Waals surface area contributed by atoms with Gasteiger partial charge in [0.1, 0.15) is 5.75 Å². The molecule has 1 amide bonds. The van der Waals surface area contributed by atoms with Crippen molar-refractivity contribution in [1.29, 1.82) is 0 Å². The Balaban J connectivity index is 1.42. The van der Waals surface area contributed by atoms with Crippen molar-refractivity contribution in [3.63, 3.8) is 0 Å². The monoisotopic (exact) mass is 327 g/mol. The van der Waals surface area contributed by atoms with Crippen LogP contribution in [-0.2, 0) is 11.2 Å². The fourth-order valence-corrected chi connectivity index (χ4v) is 3.52. The normalized spacial score (nSPS) is 13.3. The highest BCUT2D eigenvalue weighted by Gasteiger charge is 2.18. The topological polar surface area (TPSA) is 38.3 Å². The van der Waals surface area contributed by atoms with Crippen molar-refractivity contribution < 1.29 is 9.53 Å². The first-order valence-electron chi connectivity index (χ1n) is 8.05. The number of anilines is 1. The Hall–Kier alpha value is -1.94. The lowest BCUT2D eigenvalue weighted by atomic mass is 10.0. The number of para-hydroxylation sites is 1. The van der Waals surface area contributed by atoms with Gasteiger partial charge >= 0.3 is 0 Å². The Bertz CT molecular complexity index is 658. The van der Waals surface area contributed by atoms with Crippen LogP contribution in [0.3, 0.4) is 0 Å². The van der Waals surface area contributed by atoms with Crippen LogP contribution in [0.5, 0.6) is 5.75 Å². The van der Waals surface area contributed by atoms with E-state index in [2.05, 4.69) is 35.6 Å². The molecule has 0 unspecified atom stereocenters. The quantitative estimate of drug-likeness (QED) is 0.600. The first-order chi connectivity index (χ1) is 11.3. The van der Waals surface area contributed by atoms with Crippen LogP contribution in [0.2, 0.25) is 0 Å². The van der Waals surface area contributed by atoms with E-state index in [1.54, 1.807) is 0 Å². The Kier molecular flexibility index (Phi) is 5.59. The largest absolute Gasteiger partial charge is 0.491 e. The molecule has 0 radical (unpaired) electrons. The van der Waals surface area contributed by atoms with Gasteiger partial charge in [-0.3, -0.25) is 4.79 Å². The summed E-state index contributed by atoms with van der Waals surface area (Å²) in [5.41, 5.74) is 2.03. The molecular formula is C19H21NO2S. The predicted molar refractivity (Wildman–Crippen MR) is 95.3 cm³/mol. The summed E-state index contributed by atoms with van der Waals surface area (Å²) >= 11 is 1.88. The van der Waals surface area contributed by atoms with E-state index in [1.807, 2.05) is 30.0 Å². The lowest BCUT2D eigenvalue weighted by Crippen LogP contribution is -2.19. The van der Waals surface area contributed by atoms with Gasteiger partial charge < -0.3 is 10.1 Å². The van der Waals surface area contributed by atoms with Crippen molar-refractivity contribution in [2.75, 3.05) is 17.7 Å². The van der Waals surface area contributed by atoms with Gasteiger partial charge in [0, 0.05) is 11.3 Å². The average Bonchev–Trinajstić information content (AvgIpc) is 2.59. The molecule has 2 aromatic carbocycles. The minimum Gasteiger partial charge on any atom is -0.491 e. The van der Waals surface area contributed by atoms with Crippen LogP contribution in [0.25, 0.3) is 0 Å². The van der Waals surface area contributed by atoms with Gasteiger partial charge in [0.2, 0.25) is 5.91 Å². The maximum atomic E-state index is 11.6. The van der Waals surface area contributed by atoms with Gasteiger partial charge in [-0.1, -0.05) is 30.3 Å². The Morgan fingerprint density at radius 1 is 1.00 bits per heavy atom. The predicted octanol–water partition coefficient (Wildman–Crippen LogP) is 4.52. The van der Waals surface area contributed by atoms with Crippen molar-refractivity contribution >= 4 is 23.4 Å². The summed E-state index contributed by atoms with van der Waals surface area (Å²) in [5.74, 6) is 1.97. The van der Waals surface area contributed by atoms with E-state index in [1.165, 1.54) is 10.5 Å². The van der Waals surface area contributed by atoms with Crippen LogP contribution in [-0.4, -0.2) is 18.3 Å². The molecule has 0 bridgehead atoms. The van der Waals surface area contributed by atoms with Crippen molar-refractivity contribution in [3.8, 4) is 5.75 Å². The third-order valence-electron chi connectivity index (χ3n) is 3.81. The van der Waals surface area contributed by atoms with E-state index in [4.69, 9.17) is 4.74 Å². The number of rotatable bonds is 7. The molecule has 1 heterocycles. The van der Waals surface area contributed by atoms with Crippen LogP contribution in [0.1, 0.15) is 24.8 Å². The fraction of sp³-hybridized carbons (Fsp3) is 0.316. The van der Waals surface area contributed by atoms with Gasteiger partial charge in [0.25, 0.3) is 0 Å². The second-order valence-corrected chi connectivity index (χ2v) is 6.72. The SMILES string of the molecule is O=C1CCc2cccc(OCCCCSc3ccccc3)c2N1. The molecule has 1 N–H and O–H groups in total. The number of nitrogens with one attached hydrogen (secondary N) is 1. The van der Waals surface area contributed by atoms with Gasteiger partial charge in [-0.25, -0.2) is 0 Å². The van der Waals surface area contributed by atoms with Crippen molar-refractivity contribution in [3.05, 3.63) is 54.1 Å². The molecule has 0 atom stereocenters. The van der Waals surface area contributed by atoms with Gasteiger partial charge in [-0.05, 0) is 48.8 Å². The lowest BCUT2D eigenvalue weighted by molar-refractivity contribution is -0.116. The number of unbranched alkanes of at least 4 members (excludes halogenated alkanes) is 1. The third-order valence-corrected chi connectivity index (χ3v) is 4.90. The van der Waals surface area contributed by atoms with Crippen LogP contribution >= 0.6 is 11.8 Å². The van der Waals surface area contributed by atoms with E-state index in [0.29, 0.717) is 13.0 Å². The summed E-state index contributed by atoms with van der Waals surface area (Å²) in [6, 6.07) is 16.4. The summed E-state index contributed by atoms with van der Waals surface area (Å²) in [6.07, 6.45) is 3.48. The molecular weight excluding hydrogens is 306 g/mol. The lowest BCUT2D eigenvalue weighted by Gasteiger charge is -2.20. The number of carbonyl (C=O) groups excluding carboxylic acids is 1. The minimum atomic E-state index is 0.0767. The van der Waals surface area contributed by atoms with Crippen molar-refractivity contribution in [2.24, 2.45) is 0 Å². The Labute approximate surface area is 141 Å². The number of hydrogen-bond acceptors (Lipinski definition) is 3. The number of carbonyl (C=O) groups is 1. The van der Waals surface area contributed by atoms with E-state index in [9.17, 15) is 4.79 Å².